The van der Waals surface area contributed by atoms with Gasteiger partial charge in [-0.3, -0.25) is 4.90 Å². The fourth-order valence-electron chi connectivity index (χ4n) is 4.81. The topological polar surface area (TPSA) is 88.7 Å². The van der Waals surface area contributed by atoms with Crippen LogP contribution in [0.2, 0.25) is 0 Å². The van der Waals surface area contributed by atoms with Crippen LogP contribution in [0.25, 0.3) is 28.2 Å². The first-order valence-corrected chi connectivity index (χ1v) is 11.5. The fraction of sp³-hybridized carbons (Fsp3) is 0.360. The lowest BCUT2D eigenvalue weighted by molar-refractivity contribution is 0.000892. The minimum Gasteiger partial charge on any atom is -0.507 e. The molecular weight excluding hydrogens is 416 g/mol. The van der Waals surface area contributed by atoms with Gasteiger partial charge in [0.25, 0.3) is 0 Å². The fourth-order valence-corrected chi connectivity index (χ4v) is 4.81. The Hall–Kier alpha value is -3.36. The molecule has 0 bridgehead atoms. The largest absolute Gasteiger partial charge is 0.507 e. The van der Waals surface area contributed by atoms with Gasteiger partial charge in [-0.05, 0) is 56.2 Å². The summed E-state index contributed by atoms with van der Waals surface area (Å²) in [6, 6.07) is 14.0. The lowest BCUT2D eigenvalue weighted by Crippen LogP contribution is -2.52. The molecule has 2 aliphatic heterocycles. The molecule has 0 unspecified atom stereocenters. The van der Waals surface area contributed by atoms with Crippen LogP contribution in [0.4, 0.5) is 0 Å². The number of aromatic hydroxyl groups is 1. The number of hydrogen-bond donors (Lipinski definition) is 1. The maximum Gasteiger partial charge on any atom is 0.153 e. The van der Waals surface area contributed by atoms with Crippen LogP contribution in [0.1, 0.15) is 30.1 Å². The number of ether oxygens (including phenoxy) is 1. The van der Waals surface area contributed by atoms with Crippen molar-refractivity contribution in [2.75, 3.05) is 26.3 Å². The summed E-state index contributed by atoms with van der Waals surface area (Å²) in [6.07, 6.45) is 4.13. The smallest absolute Gasteiger partial charge is 0.153 e. The van der Waals surface area contributed by atoms with Gasteiger partial charge < -0.3 is 9.84 Å². The average Bonchev–Trinajstić information content (AvgIpc) is 3.18. The van der Waals surface area contributed by atoms with Crippen molar-refractivity contribution >= 4 is 5.65 Å². The molecule has 0 atom stereocenters. The number of phenolic OH excluding ortho intramolecular Hbond substituents is 1. The Bertz CT molecular complexity index is 1290. The van der Waals surface area contributed by atoms with Crippen LogP contribution in [0.3, 0.4) is 0 Å². The second-order valence-electron chi connectivity index (χ2n) is 8.97. The van der Waals surface area contributed by atoms with Crippen LogP contribution in [0.15, 0.2) is 48.7 Å². The number of aryl methyl sites for hydroxylation is 1. The van der Waals surface area contributed by atoms with Crippen molar-refractivity contribution in [3.63, 3.8) is 0 Å². The summed E-state index contributed by atoms with van der Waals surface area (Å²) >= 11 is 0. The van der Waals surface area contributed by atoms with Crippen molar-refractivity contribution in [3.8, 4) is 28.3 Å². The van der Waals surface area contributed by atoms with E-state index >= 15 is 0 Å². The van der Waals surface area contributed by atoms with E-state index in [-0.39, 0.29) is 5.75 Å². The van der Waals surface area contributed by atoms with Gasteiger partial charge in [-0.15, -0.1) is 0 Å². The third-order valence-corrected chi connectivity index (χ3v) is 6.73. The van der Waals surface area contributed by atoms with Crippen LogP contribution in [-0.2, 0) is 4.74 Å². The zero-order chi connectivity index (χ0) is 22.4. The minimum atomic E-state index is 0.160. The Morgan fingerprint density at radius 3 is 2.55 bits per heavy atom. The van der Waals surface area contributed by atoms with Gasteiger partial charge in [0.1, 0.15) is 5.75 Å². The van der Waals surface area contributed by atoms with E-state index in [1.807, 2.05) is 49.5 Å². The number of rotatable bonds is 4. The molecule has 4 aromatic rings. The van der Waals surface area contributed by atoms with Gasteiger partial charge >= 0.3 is 0 Å². The Morgan fingerprint density at radius 2 is 1.79 bits per heavy atom. The second-order valence-corrected chi connectivity index (χ2v) is 8.97. The zero-order valence-electron chi connectivity index (χ0n) is 18.6. The summed E-state index contributed by atoms with van der Waals surface area (Å²) in [7, 11) is 0. The Balaban J connectivity index is 1.17. The van der Waals surface area contributed by atoms with Crippen LogP contribution in [0, 0.1) is 6.92 Å². The molecule has 0 saturated carbocycles. The molecular formula is C25H26N6O2. The molecule has 2 saturated heterocycles. The molecule has 0 spiro atoms. The van der Waals surface area contributed by atoms with Crippen molar-refractivity contribution in [3.05, 3.63) is 60.0 Å². The molecule has 8 heteroatoms. The van der Waals surface area contributed by atoms with Gasteiger partial charge in [-0.1, -0.05) is 6.07 Å². The molecule has 33 heavy (non-hydrogen) atoms. The van der Waals surface area contributed by atoms with E-state index in [1.54, 1.807) is 10.6 Å². The number of nitrogens with zero attached hydrogens (tertiary/aromatic N) is 6. The van der Waals surface area contributed by atoms with E-state index in [9.17, 15) is 5.11 Å². The number of aromatic nitrogens is 5. The molecule has 2 aliphatic rings. The zero-order valence-corrected chi connectivity index (χ0v) is 18.6. The van der Waals surface area contributed by atoms with Gasteiger partial charge in [-0.2, -0.15) is 15.3 Å². The Kier molecular flexibility index (Phi) is 5.04. The number of phenols is 1. The number of fused-ring (bicyclic) bond motifs is 1. The van der Waals surface area contributed by atoms with Crippen molar-refractivity contribution in [2.45, 2.75) is 31.7 Å². The number of hydrogen-bond acceptors (Lipinski definition) is 7. The predicted molar refractivity (Wildman–Crippen MR) is 124 cm³/mol. The van der Waals surface area contributed by atoms with Crippen molar-refractivity contribution in [1.82, 2.24) is 29.7 Å². The van der Waals surface area contributed by atoms with Gasteiger partial charge in [0, 0.05) is 49.4 Å². The standard InChI is InChI=1S/C25H26N6O2/c1-16-13-31-25(26-16)7-6-22(29-31)17-2-3-20(24(32)12-17)23-5-4-21(27-28-23)18-14-30(15-18)19-8-10-33-11-9-19/h2-7,12-13,18-19,32H,8-11,14-15H2,1H3. The lowest BCUT2D eigenvalue weighted by atomic mass is 9.91. The van der Waals surface area contributed by atoms with E-state index in [0.717, 1.165) is 67.4 Å². The van der Waals surface area contributed by atoms with Gasteiger partial charge in [0.2, 0.25) is 0 Å². The first kappa shape index (κ1) is 20.3. The Morgan fingerprint density at radius 1 is 0.970 bits per heavy atom. The van der Waals surface area contributed by atoms with Crippen LogP contribution < -0.4 is 0 Å². The highest BCUT2D eigenvalue weighted by Crippen LogP contribution is 2.34. The van der Waals surface area contributed by atoms with E-state index in [0.29, 0.717) is 23.2 Å². The number of imidazole rings is 1. The van der Waals surface area contributed by atoms with Crippen molar-refractivity contribution < 1.29 is 9.84 Å². The first-order valence-electron chi connectivity index (χ1n) is 11.5. The van der Waals surface area contributed by atoms with Crippen LogP contribution in [0.5, 0.6) is 5.75 Å². The number of benzene rings is 1. The van der Waals surface area contributed by atoms with Gasteiger partial charge in [0.15, 0.2) is 5.65 Å². The summed E-state index contributed by atoms with van der Waals surface area (Å²) in [4.78, 5) is 6.94. The van der Waals surface area contributed by atoms with Gasteiger partial charge in [-0.25, -0.2) is 9.50 Å². The number of likely N-dealkylation sites (tertiary alicyclic amines) is 1. The molecule has 1 aromatic carbocycles. The van der Waals surface area contributed by atoms with Crippen LogP contribution in [-0.4, -0.2) is 67.1 Å². The SMILES string of the molecule is Cc1cn2nc(-c3ccc(-c4ccc(C5CN(C6CCOCC6)C5)nn4)c(O)c3)ccc2n1. The molecule has 0 aliphatic carbocycles. The average molecular weight is 443 g/mol. The molecule has 168 valence electrons. The molecule has 5 heterocycles. The molecule has 6 rings (SSSR count). The lowest BCUT2D eigenvalue weighted by Gasteiger charge is -2.45. The molecule has 1 N–H and O–H groups in total. The van der Waals surface area contributed by atoms with E-state index in [2.05, 4.69) is 25.2 Å². The Labute approximate surface area is 191 Å². The summed E-state index contributed by atoms with van der Waals surface area (Å²) in [5.41, 5.74) is 5.66. The van der Waals surface area contributed by atoms with E-state index in [1.165, 1.54) is 0 Å². The summed E-state index contributed by atoms with van der Waals surface area (Å²) in [5.74, 6) is 0.589. The monoisotopic (exact) mass is 442 g/mol. The molecule has 3 aromatic heterocycles. The summed E-state index contributed by atoms with van der Waals surface area (Å²) < 4.78 is 7.22. The highest BCUT2D eigenvalue weighted by atomic mass is 16.5. The van der Waals surface area contributed by atoms with Crippen LogP contribution >= 0.6 is 0 Å². The second kappa shape index (κ2) is 8.20. The van der Waals surface area contributed by atoms with E-state index in [4.69, 9.17) is 4.74 Å². The third-order valence-electron chi connectivity index (χ3n) is 6.73. The third kappa shape index (κ3) is 3.85. The maximum atomic E-state index is 10.7. The van der Waals surface area contributed by atoms with Crippen molar-refractivity contribution in [2.24, 2.45) is 0 Å². The maximum absolute atomic E-state index is 10.7. The van der Waals surface area contributed by atoms with Gasteiger partial charge in [0.05, 0.1) is 29.0 Å². The quantitative estimate of drug-likeness (QED) is 0.518. The predicted octanol–water partition coefficient (Wildman–Crippen LogP) is 3.45. The normalized spacial score (nSPS) is 18.0. The summed E-state index contributed by atoms with van der Waals surface area (Å²) in [5, 5.41) is 24.2. The molecule has 8 nitrogen and oxygen atoms in total. The van der Waals surface area contributed by atoms with E-state index < -0.39 is 0 Å². The molecule has 0 amide bonds. The molecule has 0 radical (unpaired) electrons. The summed E-state index contributed by atoms with van der Waals surface area (Å²) in [6.45, 7) is 5.75. The highest BCUT2D eigenvalue weighted by Gasteiger charge is 2.34. The first-order chi connectivity index (χ1) is 16.1. The molecule has 2 fully saturated rings. The minimum absolute atomic E-state index is 0.160. The highest BCUT2D eigenvalue weighted by molar-refractivity contribution is 5.73. The van der Waals surface area contributed by atoms with Crippen molar-refractivity contribution in [1.29, 1.82) is 0 Å².